The molecule has 5 rings (SSSR count). The van der Waals surface area contributed by atoms with Crippen molar-refractivity contribution in [3.05, 3.63) is 58.9 Å². The molecule has 1 amide bonds. The molecule has 0 unspecified atom stereocenters. The Hall–Kier alpha value is -2.75. The highest BCUT2D eigenvalue weighted by atomic mass is 35.5. The number of aryl methyl sites for hydroxylation is 1. The van der Waals surface area contributed by atoms with Gasteiger partial charge in [0.05, 0.1) is 10.9 Å². The number of amides is 1. The number of nitrogens with zero attached hydrogens (tertiary/aromatic N) is 4. The SMILES string of the molecule is Cc1nc(-c2ccc(Cl)c(S(=O)(=O)N3CCC[C@H](C(=O)N4CCc5ccccc54)C3)c2)no1. The standard InChI is InChI=1S/C23H23ClN4O4S/c1-15-25-22(26-32-15)17-8-9-19(24)21(13-17)33(30,31)27-11-4-6-18(14-27)23(29)28-12-10-16-5-2-3-7-20(16)28/h2-3,5,7-9,13,18H,4,6,10-12,14H2,1H3/t18-/m0/s1. The van der Waals surface area contributed by atoms with E-state index in [0.717, 1.165) is 17.7 Å². The van der Waals surface area contributed by atoms with Crippen molar-refractivity contribution in [2.24, 2.45) is 5.92 Å². The summed E-state index contributed by atoms with van der Waals surface area (Å²) >= 11 is 6.31. The lowest BCUT2D eigenvalue weighted by Crippen LogP contribution is -2.46. The second-order valence-electron chi connectivity index (χ2n) is 8.35. The molecule has 172 valence electrons. The molecule has 0 N–H and O–H groups in total. The molecule has 3 aromatic rings. The zero-order valence-corrected chi connectivity index (χ0v) is 19.6. The van der Waals surface area contributed by atoms with E-state index in [-0.39, 0.29) is 22.4 Å². The van der Waals surface area contributed by atoms with Crippen LogP contribution in [0.1, 0.15) is 24.3 Å². The molecule has 2 aromatic carbocycles. The molecule has 0 radical (unpaired) electrons. The third-order valence-corrected chi connectivity index (χ3v) is 8.57. The minimum absolute atomic E-state index is 0.0243. The van der Waals surface area contributed by atoms with Crippen LogP contribution in [0.3, 0.4) is 0 Å². The van der Waals surface area contributed by atoms with Crippen LogP contribution in [0.2, 0.25) is 5.02 Å². The Balaban J connectivity index is 1.40. The van der Waals surface area contributed by atoms with Crippen LogP contribution in [-0.2, 0) is 21.2 Å². The molecule has 33 heavy (non-hydrogen) atoms. The highest BCUT2D eigenvalue weighted by molar-refractivity contribution is 7.89. The van der Waals surface area contributed by atoms with Gasteiger partial charge in [-0.25, -0.2) is 8.42 Å². The van der Waals surface area contributed by atoms with Gasteiger partial charge in [-0.15, -0.1) is 0 Å². The summed E-state index contributed by atoms with van der Waals surface area (Å²) in [6.07, 6.45) is 2.07. The third kappa shape index (κ3) is 4.05. The molecule has 0 spiro atoms. The van der Waals surface area contributed by atoms with E-state index in [1.165, 1.54) is 16.4 Å². The van der Waals surface area contributed by atoms with E-state index in [9.17, 15) is 13.2 Å². The van der Waals surface area contributed by atoms with Gasteiger partial charge in [-0.1, -0.05) is 35.0 Å². The van der Waals surface area contributed by atoms with Gasteiger partial charge in [0.2, 0.25) is 27.6 Å². The summed E-state index contributed by atoms with van der Waals surface area (Å²) < 4.78 is 33.5. The molecule has 1 fully saturated rings. The molecule has 0 saturated carbocycles. The monoisotopic (exact) mass is 486 g/mol. The van der Waals surface area contributed by atoms with Crippen LogP contribution < -0.4 is 4.90 Å². The van der Waals surface area contributed by atoms with Crippen LogP contribution in [0, 0.1) is 12.8 Å². The largest absolute Gasteiger partial charge is 0.339 e. The number of hydrogen-bond donors (Lipinski definition) is 0. The molecule has 0 aliphatic carbocycles. The molecule has 2 aliphatic rings. The molecule has 1 aromatic heterocycles. The summed E-state index contributed by atoms with van der Waals surface area (Å²) in [5.74, 6) is 0.244. The number of carbonyl (C=O) groups is 1. The maximum atomic E-state index is 13.5. The topological polar surface area (TPSA) is 96.6 Å². The molecular weight excluding hydrogens is 464 g/mol. The van der Waals surface area contributed by atoms with Crippen LogP contribution in [-0.4, -0.2) is 48.4 Å². The second kappa shape index (κ2) is 8.55. The van der Waals surface area contributed by atoms with Gasteiger partial charge >= 0.3 is 0 Å². The first kappa shape index (κ1) is 22.1. The fraction of sp³-hybridized carbons (Fsp3) is 0.348. The molecule has 8 nitrogen and oxygen atoms in total. The van der Waals surface area contributed by atoms with Gasteiger partial charge in [0.25, 0.3) is 0 Å². The zero-order chi connectivity index (χ0) is 23.2. The number of anilines is 1. The van der Waals surface area contributed by atoms with Crippen molar-refractivity contribution in [3.63, 3.8) is 0 Å². The van der Waals surface area contributed by atoms with Crippen molar-refractivity contribution in [3.8, 4) is 11.4 Å². The van der Waals surface area contributed by atoms with E-state index >= 15 is 0 Å². The van der Waals surface area contributed by atoms with E-state index in [1.54, 1.807) is 17.9 Å². The number of para-hydroxylation sites is 1. The van der Waals surface area contributed by atoms with E-state index < -0.39 is 15.9 Å². The molecule has 3 heterocycles. The third-order valence-electron chi connectivity index (χ3n) is 6.22. The molecule has 1 atom stereocenters. The molecule has 0 bridgehead atoms. The van der Waals surface area contributed by atoms with Crippen LogP contribution in [0.4, 0.5) is 5.69 Å². The molecular formula is C23H23ClN4O4S. The highest BCUT2D eigenvalue weighted by Crippen LogP contribution is 2.34. The Morgan fingerprint density at radius 2 is 2.00 bits per heavy atom. The summed E-state index contributed by atoms with van der Waals surface area (Å²) in [7, 11) is -3.92. The van der Waals surface area contributed by atoms with Gasteiger partial charge in [-0.05, 0) is 49.1 Å². The number of hydrogen-bond acceptors (Lipinski definition) is 6. The molecule has 1 saturated heterocycles. The van der Waals surface area contributed by atoms with Crippen LogP contribution >= 0.6 is 11.6 Å². The number of piperidine rings is 1. The van der Waals surface area contributed by atoms with Crippen molar-refractivity contribution in [1.29, 1.82) is 0 Å². The number of fused-ring (bicyclic) bond motifs is 1. The lowest BCUT2D eigenvalue weighted by atomic mass is 9.98. The average molecular weight is 487 g/mol. The zero-order valence-electron chi connectivity index (χ0n) is 18.1. The number of sulfonamides is 1. The fourth-order valence-corrected chi connectivity index (χ4v) is 6.57. The average Bonchev–Trinajstić information content (AvgIpc) is 3.45. The van der Waals surface area contributed by atoms with Crippen molar-refractivity contribution < 1.29 is 17.7 Å². The molecule has 10 heteroatoms. The Kier molecular flexibility index (Phi) is 5.72. The van der Waals surface area contributed by atoms with Crippen molar-refractivity contribution in [2.45, 2.75) is 31.1 Å². The minimum atomic E-state index is -3.92. The Labute approximate surface area is 197 Å². The van der Waals surface area contributed by atoms with Gasteiger partial charge in [0.15, 0.2) is 0 Å². The van der Waals surface area contributed by atoms with Crippen LogP contribution in [0.25, 0.3) is 11.4 Å². The number of benzene rings is 2. The number of halogens is 1. The fourth-order valence-electron chi connectivity index (χ4n) is 4.55. The van der Waals surface area contributed by atoms with Crippen molar-refractivity contribution in [2.75, 3.05) is 24.5 Å². The maximum absolute atomic E-state index is 13.5. The first-order valence-corrected chi connectivity index (χ1v) is 12.7. The molecule has 2 aliphatic heterocycles. The predicted octanol–water partition coefficient (Wildman–Crippen LogP) is 3.69. The number of rotatable bonds is 4. The van der Waals surface area contributed by atoms with Gasteiger partial charge in [0, 0.05) is 37.8 Å². The summed E-state index contributed by atoms with van der Waals surface area (Å²) in [6, 6.07) is 12.5. The Bertz CT molecular complexity index is 1320. The second-order valence-corrected chi connectivity index (χ2v) is 10.7. The Morgan fingerprint density at radius 3 is 2.79 bits per heavy atom. The smallest absolute Gasteiger partial charge is 0.244 e. The van der Waals surface area contributed by atoms with Gasteiger partial charge in [-0.3, -0.25) is 4.79 Å². The first-order chi connectivity index (χ1) is 15.8. The van der Waals surface area contributed by atoms with Gasteiger partial charge in [-0.2, -0.15) is 9.29 Å². The van der Waals surface area contributed by atoms with Crippen molar-refractivity contribution in [1.82, 2.24) is 14.4 Å². The van der Waals surface area contributed by atoms with E-state index in [1.807, 2.05) is 24.3 Å². The minimum Gasteiger partial charge on any atom is -0.339 e. The summed E-state index contributed by atoms with van der Waals surface area (Å²) in [6.45, 7) is 2.75. The van der Waals surface area contributed by atoms with E-state index in [0.29, 0.717) is 43.2 Å². The lowest BCUT2D eigenvalue weighted by Gasteiger charge is -2.33. The number of aromatic nitrogens is 2. The summed E-state index contributed by atoms with van der Waals surface area (Å²) in [4.78, 5) is 19.3. The predicted molar refractivity (Wildman–Crippen MR) is 123 cm³/mol. The van der Waals surface area contributed by atoms with Gasteiger partial charge in [0.1, 0.15) is 4.90 Å². The van der Waals surface area contributed by atoms with Gasteiger partial charge < -0.3 is 9.42 Å². The highest BCUT2D eigenvalue weighted by Gasteiger charge is 2.37. The first-order valence-electron chi connectivity index (χ1n) is 10.8. The maximum Gasteiger partial charge on any atom is 0.244 e. The van der Waals surface area contributed by atoms with Crippen molar-refractivity contribution >= 4 is 33.2 Å². The normalized spacial score (nSPS) is 19.0. The lowest BCUT2D eigenvalue weighted by molar-refractivity contribution is -0.123. The van der Waals surface area contributed by atoms with E-state index in [2.05, 4.69) is 10.1 Å². The number of carbonyl (C=O) groups excluding carboxylic acids is 1. The Morgan fingerprint density at radius 1 is 1.18 bits per heavy atom. The van der Waals surface area contributed by atoms with Crippen LogP contribution in [0.15, 0.2) is 51.9 Å². The quantitative estimate of drug-likeness (QED) is 0.558. The van der Waals surface area contributed by atoms with E-state index in [4.69, 9.17) is 16.1 Å². The van der Waals surface area contributed by atoms with Crippen LogP contribution in [0.5, 0.6) is 0 Å². The summed E-state index contributed by atoms with van der Waals surface area (Å²) in [5.41, 5.74) is 2.56. The summed E-state index contributed by atoms with van der Waals surface area (Å²) in [5, 5.41) is 3.97.